The van der Waals surface area contributed by atoms with Gasteiger partial charge in [0.25, 0.3) is 0 Å². The van der Waals surface area contributed by atoms with Crippen LogP contribution in [0.5, 0.6) is 0 Å². The highest BCUT2D eigenvalue weighted by Crippen LogP contribution is 2.17. The third-order valence-corrected chi connectivity index (χ3v) is 5.55. The number of nitrogens with zero attached hydrogens (tertiary/aromatic N) is 4. The van der Waals surface area contributed by atoms with Crippen molar-refractivity contribution in [3.63, 3.8) is 0 Å². The molecule has 3 rings (SSSR count). The SMILES string of the molecule is CN(C)C(=O)CN=C(NCCc1cccs1)NC1CCN(c2ccccn2)C1.I. The summed E-state index contributed by atoms with van der Waals surface area (Å²) in [6.45, 7) is 2.73. The molecule has 1 unspecified atom stereocenters. The van der Waals surface area contributed by atoms with Crippen LogP contribution in [0.25, 0.3) is 0 Å². The molecule has 2 aromatic rings. The van der Waals surface area contributed by atoms with Crippen molar-refractivity contribution in [2.75, 3.05) is 45.2 Å². The first-order valence-electron chi connectivity index (χ1n) is 9.55. The van der Waals surface area contributed by atoms with Crippen molar-refractivity contribution in [2.24, 2.45) is 4.99 Å². The van der Waals surface area contributed by atoms with Gasteiger partial charge in [0.05, 0.1) is 0 Å². The highest BCUT2D eigenvalue weighted by molar-refractivity contribution is 14.0. The Balaban J connectivity index is 0.00000300. The quantitative estimate of drug-likeness (QED) is 0.328. The molecule has 1 aliphatic heterocycles. The number of likely N-dealkylation sites (N-methyl/N-ethyl adjacent to an activating group) is 1. The molecule has 0 spiro atoms. The van der Waals surface area contributed by atoms with Crippen LogP contribution >= 0.6 is 35.3 Å². The van der Waals surface area contributed by atoms with Crippen LogP contribution in [-0.2, 0) is 11.2 Å². The summed E-state index contributed by atoms with van der Waals surface area (Å²) < 4.78 is 0. The minimum absolute atomic E-state index is 0. The summed E-state index contributed by atoms with van der Waals surface area (Å²) in [6, 6.07) is 10.4. The Morgan fingerprint density at radius 1 is 1.34 bits per heavy atom. The number of anilines is 1. The molecule has 2 aromatic heterocycles. The number of carbonyl (C=O) groups is 1. The van der Waals surface area contributed by atoms with Gasteiger partial charge in [0.15, 0.2) is 5.96 Å². The van der Waals surface area contributed by atoms with E-state index in [0.717, 1.165) is 38.3 Å². The van der Waals surface area contributed by atoms with Crippen LogP contribution in [0.15, 0.2) is 46.9 Å². The lowest BCUT2D eigenvalue weighted by Crippen LogP contribution is -2.45. The number of hydrogen-bond donors (Lipinski definition) is 2. The van der Waals surface area contributed by atoms with Crippen molar-refractivity contribution >= 4 is 53.0 Å². The molecule has 0 aliphatic carbocycles. The average Bonchev–Trinajstić information content (AvgIpc) is 3.38. The second kappa shape index (κ2) is 12.0. The molecule has 1 fully saturated rings. The smallest absolute Gasteiger partial charge is 0.243 e. The highest BCUT2D eigenvalue weighted by Gasteiger charge is 2.24. The van der Waals surface area contributed by atoms with E-state index in [1.54, 1.807) is 30.3 Å². The number of aliphatic imine (C=N–C) groups is 1. The largest absolute Gasteiger partial charge is 0.356 e. The van der Waals surface area contributed by atoms with E-state index in [0.29, 0.717) is 5.96 Å². The monoisotopic (exact) mass is 528 g/mol. The van der Waals surface area contributed by atoms with E-state index in [1.165, 1.54) is 4.88 Å². The molecule has 7 nitrogen and oxygen atoms in total. The second-order valence-electron chi connectivity index (χ2n) is 6.97. The number of carbonyl (C=O) groups excluding carboxylic acids is 1. The zero-order valence-electron chi connectivity index (χ0n) is 16.9. The van der Waals surface area contributed by atoms with Gasteiger partial charge in [0.1, 0.15) is 12.4 Å². The zero-order chi connectivity index (χ0) is 19.8. The van der Waals surface area contributed by atoms with Crippen molar-refractivity contribution in [2.45, 2.75) is 18.9 Å². The number of hydrogen-bond acceptors (Lipinski definition) is 5. The van der Waals surface area contributed by atoms with Crippen molar-refractivity contribution in [3.8, 4) is 0 Å². The topological polar surface area (TPSA) is 72.9 Å². The molecule has 0 saturated carbocycles. The van der Waals surface area contributed by atoms with E-state index in [-0.39, 0.29) is 42.5 Å². The standard InChI is InChI=1S/C20H28N6OS.HI/c1-25(2)19(27)14-23-20(22-11-8-17-6-5-13-28-17)24-16-9-12-26(15-16)18-7-3-4-10-21-18;/h3-7,10,13,16H,8-9,11-12,14-15H2,1-2H3,(H2,22,23,24);1H. The normalized spacial score (nSPS) is 16.3. The maximum absolute atomic E-state index is 11.9. The molecule has 0 aromatic carbocycles. The molecule has 0 radical (unpaired) electrons. The minimum atomic E-state index is -0.0131. The Labute approximate surface area is 193 Å². The number of guanidine groups is 1. The number of rotatable bonds is 7. The Morgan fingerprint density at radius 2 is 2.21 bits per heavy atom. The summed E-state index contributed by atoms with van der Waals surface area (Å²) in [7, 11) is 3.49. The molecule has 1 aliphatic rings. The van der Waals surface area contributed by atoms with E-state index in [4.69, 9.17) is 0 Å². The van der Waals surface area contributed by atoms with E-state index in [1.807, 2.05) is 24.4 Å². The predicted octanol–water partition coefficient (Wildman–Crippen LogP) is 2.21. The molecule has 158 valence electrons. The summed E-state index contributed by atoms with van der Waals surface area (Å²) in [5.41, 5.74) is 0. The first kappa shape index (κ1) is 23.4. The van der Waals surface area contributed by atoms with Crippen LogP contribution < -0.4 is 15.5 Å². The van der Waals surface area contributed by atoms with Crippen LogP contribution in [0, 0.1) is 0 Å². The van der Waals surface area contributed by atoms with Gasteiger partial charge in [-0.1, -0.05) is 12.1 Å². The maximum atomic E-state index is 11.9. The van der Waals surface area contributed by atoms with Gasteiger partial charge in [-0.25, -0.2) is 9.98 Å². The molecule has 3 heterocycles. The molecule has 1 atom stereocenters. The van der Waals surface area contributed by atoms with Crippen LogP contribution in [0.3, 0.4) is 0 Å². The Bertz CT molecular complexity index is 769. The highest BCUT2D eigenvalue weighted by atomic mass is 127. The number of nitrogens with one attached hydrogen (secondary N) is 2. The van der Waals surface area contributed by atoms with Gasteiger partial charge < -0.3 is 20.4 Å². The number of halogens is 1. The minimum Gasteiger partial charge on any atom is -0.356 e. The molecular weight excluding hydrogens is 499 g/mol. The van der Waals surface area contributed by atoms with Gasteiger partial charge in [0, 0.05) is 50.8 Å². The van der Waals surface area contributed by atoms with Crippen LogP contribution in [-0.4, -0.2) is 68.1 Å². The number of amides is 1. The fourth-order valence-electron chi connectivity index (χ4n) is 3.02. The van der Waals surface area contributed by atoms with E-state index < -0.39 is 0 Å². The number of thiophene rings is 1. The molecule has 0 bridgehead atoms. The summed E-state index contributed by atoms with van der Waals surface area (Å²) in [5, 5.41) is 8.95. The lowest BCUT2D eigenvalue weighted by molar-refractivity contribution is -0.127. The van der Waals surface area contributed by atoms with Crippen LogP contribution in [0.4, 0.5) is 5.82 Å². The van der Waals surface area contributed by atoms with Gasteiger partial charge in [-0.05, 0) is 36.4 Å². The van der Waals surface area contributed by atoms with E-state index in [9.17, 15) is 4.79 Å². The van der Waals surface area contributed by atoms with Crippen molar-refractivity contribution in [3.05, 3.63) is 46.8 Å². The van der Waals surface area contributed by atoms with Crippen molar-refractivity contribution < 1.29 is 4.79 Å². The summed E-state index contributed by atoms with van der Waals surface area (Å²) in [5.74, 6) is 1.68. The zero-order valence-corrected chi connectivity index (χ0v) is 20.0. The molecular formula is C20H29IN6OS. The Morgan fingerprint density at radius 3 is 2.90 bits per heavy atom. The first-order chi connectivity index (χ1) is 13.6. The first-order valence-corrected chi connectivity index (χ1v) is 10.4. The lowest BCUT2D eigenvalue weighted by atomic mass is 10.3. The fraction of sp³-hybridized carbons (Fsp3) is 0.450. The third kappa shape index (κ3) is 7.46. The molecule has 29 heavy (non-hydrogen) atoms. The van der Waals surface area contributed by atoms with Crippen LogP contribution in [0.2, 0.25) is 0 Å². The van der Waals surface area contributed by atoms with Crippen molar-refractivity contribution in [1.29, 1.82) is 0 Å². The van der Waals surface area contributed by atoms with Gasteiger partial charge in [-0.15, -0.1) is 35.3 Å². The Hall–Kier alpha value is -1.88. The average molecular weight is 528 g/mol. The van der Waals surface area contributed by atoms with Gasteiger partial charge in [-0.2, -0.15) is 0 Å². The summed E-state index contributed by atoms with van der Waals surface area (Å²) >= 11 is 1.75. The van der Waals surface area contributed by atoms with E-state index >= 15 is 0 Å². The number of pyridine rings is 1. The Kier molecular flexibility index (Phi) is 9.65. The predicted molar refractivity (Wildman–Crippen MR) is 130 cm³/mol. The molecule has 9 heteroatoms. The van der Waals surface area contributed by atoms with Gasteiger partial charge in [0.2, 0.25) is 5.91 Å². The second-order valence-corrected chi connectivity index (χ2v) is 8.01. The van der Waals surface area contributed by atoms with Gasteiger partial charge >= 0.3 is 0 Å². The van der Waals surface area contributed by atoms with Crippen LogP contribution in [0.1, 0.15) is 11.3 Å². The fourth-order valence-corrected chi connectivity index (χ4v) is 3.73. The molecule has 1 amide bonds. The number of aromatic nitrogens is 1. The lowest BCUT2D eigenvalue weighted by Gasteiger charge is -2.20. The summed E-state index contributed by atoms with van der Waals surface area (Å²) in [6.07, 6.45) is 3.76. The van der Waals surface area contributed by atoms with Crippen molar-refractivity contribution in [1.82, 2.24) is 20.5 Å². The summed E-state index contributed by atoms with van der Waals surface area (Å²) in [4.78, 5) is 26.0. The maximum Gasteiger partial charge on any atom is 0.243 e. The van der Waals surface area contributed by atoms with Gasteiger partial charge in [-0.3, -0.25) is 4.79 Å². The van der Waals surface area contributed by atoms with E-state index in [2.05, 4.69) is 43.0 Å². The molecule has 1 saturated heterocycles. The molecule has 2 N–H and O–H groups in total. The third-order valence-electron chi connectivity index (χ3n) is 4.62.